The number of halogens is 1. The number of benzene rings is 1. The highest BCUT2D eigenvalue weighted by Gasteiger charge is 2.03. The van der Waals surface area contributed by atoms with Crippen LogP contribution in [0.4, 0.5) is 10.1 Å². The highest BCUT2D eigenvalue weighted by Crippen LogP contribution is 2.17. The van der Waals surface area contributed by atoms with Gasteiger partial charge >= 0.3 is 0 Å². The fourth-order valence-corrected chi connectivity index (χ4v) is 1.48. The lowest BCUT2D eigenvalue weighted by atomic mass is 10.2. The van der Waals surface area contributed by atoms with Gasteiger partial charge in [0.15, 0.2) is 0 Å². The lowest BCUT2D eigenvalue weighted by Crippen LogP contribution is -2.02. The summed E-state index contributed by atoms with van der Waals surface area (Å²) in [5, 5.41) is 3.07. The van der Waals surface area contributed by atoms with Crippen LogP contribution in [0.3, 0.4) is 0 Å². The van der Waals surface area contributed by atoms with E-state index in [4.69, 9.17) is 0 Å². The summed E-state index contributed by atoms with van der Waals surface area (Å²) in [5.74, 6) is -0.184. The molecule has 0 atom stereocenters. The van der Waals surface area contributed by atoms with E-state index < -0.39 is 0 Å². The summed E-state index contributed by atoms with van der Waals surface area (Å²) in [6, 6.07) is 9.14. The average Bonchev–Trinajstić information content (AvgIpc) is 2.32. The Kier molecular flexibility index (Phi) is 3.15. The molecule has 1 aromatic carbocycles. The summed E-state index contributed by atoms with van der Waals surface area (Å²) < 4.78 is 13.6. The van der Waals surface area contributed by atoms with Gasteiger partial charge in [0.2, 0.25) is 0 Å². The minimum absolute atomic E-state index is 0.184. The number of nitrogens with one attached hydrogen (secondary N) is 1. The molecule has 0 unspecified atom stereocenters. The largest absolute Gasteiger partial charge is 0.379 e. The van der Waals surface area contributed by atoms with Crippen LogP contribution in [0.25, 0.3) is 0 Å². The van der Waals surface area contributed by atoms with E-state index in [0.717, 1.165) is 5.56 Å². The van der Waals surface area contributed by atoms with Crippen molar-refractivity contribution in [1.29, 1.82) is 0 Å². The molecule has 2 nitrogen and oxygen atoms in total. The molecule has 0 saturated carbocycles. The molecule has 16 heavy (non-hydrogen) atoms. The topological polar surface area (TPSA) is 24.9 Å². The maximum Gasteiger partial charge on any atom is 0.149 e. The minimum Gasteiger partial charge on any atom is -0.379 e. The average molecular weight is 216 g/mol. The number of pyridine rings is 1. The second kappa shape index (κ2) is 4.75. The van der Waals surface area contributed by atoms with E-state index in [1.165, 1.54) is 0 Å². The lowest BCUT2D eigenvalue weighted by molar-refractivity contribution is 0.621. The van der Waals surface area contributed by atoms with Gasteiger partial charge in [0.05, 0.1) is 5.69 Å². The van der Waals surface area contributed by atoms with E-state index in [0.29, 0.717) is 17.8 Å². The van der Waals surface area contributed by atoms with Crippen LogP contribution in [0.2, 0.25) is 0 Å². The molecule has 0 fully saturated rings. The molecule has 1 aromatic heterocycles. The van der Waals surface area contributed by atoms with Gasteiger partial charge in [-0.15, -0.1) is 0 Å². The summed E-state index contributed by atoms with van der Waals surface area (Å²) in [4.78, 5) is 3.93. The van der Waals surface area contributed by atoms with Gasteiger partial charge in [-0.3, -0.25) is 4.98 Å². The van der Waals surface area contributed by atoms with Gasteiger partial charge < -0.3 is 5.32 Å². The molecule has 1 N–H and O–H groups in total. The fraction of sp³-hybridized carbons (Fsp3) is 0.154. The van der Waals surface area contributed by atoms with Gasteiger partial charge in [0.1, 0.15) is 5.82 Å². The number of rotatable bonds is 3. The Morgan fingerprint density at radius 2 is 1.94 bits per heavy atom. The third kappa shape index (κ3) is 2.37. The van der Waals surface area contributed by atoms with E-state index >= 15 is 0 Å². The van der Waals surface area contributed by atoms with Crippen molar-refractivity contribution < 1.29 is 4.39 Å². The van der Waals surface area contributed by atoms with Crippen LogP contribution >= 0.6 is 0 Å². The summed E-state index contributed by atoms with van der Waals surface area (Å²) in [7, 11) is 0. The second-order valence-electron chi connectivity index (χ2n) is 3.65. The Balaban J connectivity index is 2.08. The summed E-state index contributed by atoms with van der Waals surface area (Å²) in [6.45, 7) is 2.36. The zero-order valence-corrected chi connectivity index (χ0v) is 9.07. The molecule has 0 saturated heterocycles. The maximum absolute atomic E-state index is 13.6. The van der Waals surface area contributed by atoms with Crippen LogP contribution in [0.1, 0.15) is 11.1 Å². The van der Waals surface area contributed by atoms with Crippen molar-refractivity contribution in [1.82, 2.24) is 4.98 Å². The van der Waals surface area contributed by atoms with Gasteiger partial charge in [-0.2, -0.15) is 0 Å². The van der Waals surface area contributed by atoms with Crippen LogP contribution in [-0.2, 0) is 6.54 Å². The monoisotopic (exact) mass is 216 g/mol. The zero-order chi connectivity index (χ0) is 11.4. The zero-order valence-electron chi connectivity index (χ0n) is 9.07. The predicted octanol–water partition coefficient (Wildman–Crippen LogP) is 3.14. The van der Waals surface area contributed by atoms with Crippen molar-refractivity contribution >= 4 is 5.69 Å². The van der Waals surface area contributed by atoms with E-state index in [1.54, 1.807) is 31.5 Å². The second-order valence-corrected chi connectivity index (χ2v) is 3.65. The molecule has 0 radical (unpaired) electrons. The Hall–Kier alpha value is -1.90. The predicted molar refractivity (Wildman–Crippen MR) is 62.7 cm³/mol. The van der Waals surface area contributed by atoms with Crippen LogP contribution in [0.15, 0.2) is 42.7 Å². The van der Waals surface area contributed by atoms with Crippen LogP contribution < -0.4 is 5.32 Å². The molecular formula is C13H13FN2. The molecule has 3 heteroatoms. The molecule has 0 bridgehead atoms. The molecule has 2 aromatic rings. The maximum atomic E-state index is 13.6. The summed E-state index contributed by atoms with van der Waals surface area (Å²) in [6.07, 6.45) is 3.45. The van der Waals surface area contributed by atoms with Crippen molar-refractivity contribution in [2.24, 2.45) is 0 Å². The fourth-order valence-electron chi connectivity index (χ4n) is 1.48. The number of aromatic nitrogens is 1. The normalized spacial score (nSPS) is 10.1. The third-order valence-electron chi connectivity index (χ3n) is 2.42. The Labute approximate surface area is 94.2 Å². The van der Waals surface area contributed by atoms with Crippen molar-refractivity contribution in [3.63, 3.8) is 0 Å². The lowest BCUT2D eigenvalue weighted by Gasteiger charge is -2.08. The number of hydrogen-bond donors (Lipinski definition) is 1. The first-order valence-electron chi connectivity index (χ1n) is 5.15. The first-order valence-corrected chi connectivity index (χ1v) is 5.15. The SMILES string of the molecule is Cc1cccc(NCc2ccncc2)c1F. The van der Waals surface area contributed by atoms with Crippen LogP contribution in [0.5, 0.6) is 0 Å². The van der Waals surface area contributed by atoms with Crippen molar-refractivity contribution in [2.75, 3.05) is 5.32 Å². The highest BCUT2D eigenvalue weighted by atomic mass is 19.1. The van der Waals surface area contributed by atoms with E-state index in [-0.39, 0.29) is 5.82 Å². The van der Waals surface area contributed by atoms with E-state index in [2.05, 4.69) is 10.3 Å². The van der Waals surface area contributed by atoms with Crippen molar-refractivity contribution in [2.45, 2.75) is 13.5 Å². The number of nitrogens with zero attached hydrogens (tertiary/aromatic N) is 1. The molecule has 0 amide bonds. The highest BCUT2D eigenvalue weighted by molar-refractivity contribution is 5.47. The molecule has 0 aliphatic carbocycles. The Morgan fingerprint density at radius 1 is 1.19 bits per heavy atom. The minimum atomic E-state index is -0.184. The Bertz CT molecular complexity index is 469. The number of hydrogen-bond acceptors (Lipinski definition) is 2. The van der Waals surface area contributed by atoms with Gasteiger partial charge in [0.25, 0.3) is 0 Å². The van der Waals surface area contributed by atoms with Crippen molar-refractivity contribution in [3.8, 4) is 0 Å². The molecule has 82 valence electrons. The number of anilines is 1. The van der Waals surface area contributed by atoms with Gasteiger partial charge in [-0.05, 0) is 36.2 Å². The first kappa shape index (κ1) is 10.6. The Morgan fingerprint density at radius 3 is 2.69 bits per heavy atom. The van der Waals surface area contributed by atoms with Gasteiger partial charge in [-0.25, -0.2) is 4.39 Å². The molecule has 0 aliphatic heterocycles. The smallest absolute Gasteiger partial charge is 0.149 e. The molecule has 1 heterocycles. The van der Waals surface area contributed by atoms with Crippen molar-refractivity contribution in [3.05, 3.63) is 59.7 Å². The molecular weight excluding hydrogens is 203 g/mol. The molecule has 0 spiro atoms. The first-order chi connectivity index (χ1) is 7.77. The molecule has 2 rings (SSSR count). The third-order valence-corrected chi connectivity index (χ3v) is 2.42. The van der Waals surface area contributed by atoms with Crippen LogP contribution in [0, 0.1) is 12.7 Å². The quantitative estimate of drug-likeness (QED) is 0.852. The standard InChI is InChI=1S/C13H13FN2/c1-10-3-2-4-12(13(10)14)16-9-11-5-7-15-8-6-11/h2-8,16H,9H2,1H3. The summed E-state index contributed by atoms with van der Waals surface area (Å²) in [5.41, 5.74) is 2.27. The summed E-state index contributed by atoms with van der Waals surface area (Å²) >= 11 is 0. The van der Waals surface area contributed by atoms with E-state index in [1.807, 2.05) is 18.2 Å². The van der Waals surface area contributed by atoms with Gasteiger partial charge in [0, 0.05) is 18.9 Å². The van der Waals surface area contributed by atoms with Gasteiger partial charge in [-0.1, -0.05) is 12.1 Å². The van der Waals surface area contributed by atoms with E-state index in [9.17, 15) is 4.39 Å². The number of aryl methyl sites for hydroxylation is 1. The van der Waals surface area contributed by atoms with Crippen LogP contribution in [-0.4, -0.2) is 4.98 Å². The molecule has 0 aliphatic rings.